The van der Waals surface area contributed by atoms with Crippen LogP contribution in [0.3, 0.4) is 0 Å². The lowest BCUT2D eigenvalue weighted by atomic mass is 9.76. The fourth-order valence-corrected chi connectivity index (χ4v) is 2.80. The number of ether oxygens (including phenoxy) is 1. The van der Waals surface area contributed by atoms with Gasteiger partial charge in [-0.25, -0.2) is 0 Å². The second-order valence-corrected chi connectivity index (χ2v) is 5.35. The summed E-state index contributed by atoms with van der Waals surface area (Å²) in [6, 6.07) is 0. The topological polar surface area (TPSA) is 44.1 Å². The van der Waals surface area contributed by atoms with E-state index < -0.39 is 0 Å². The van der Waals surface area contributed by atoms with Gasteiger partial charge in [-0.1, -0.05) is 0 Å². The summed E-state index contributed by atoms with van der Waals surface area (Å²) >= 11 is 3.38. The molecule has 0 atom stereocenters. The van der Waals surface area contributed by atoms with Crippen molar-refractivity contribution in [3.8, 4) is 0 Å². The van der Waals surface area contributed by atoms with Crippen LogP contribution < -0.4 is 0 Å². The molecule has 1 fully saturated rings. The van der Waals surface area contributed by atoms with Gasteiger partial charge < -0.3 is 4.74 Å². The Morgan fingerprint density at radius 2 is 2.35 bits per heavy atom. The molecule has 94 valence electrons. The number of carbonyl (C=O) groups excluding carboxylic acids is 1. The van der Waals surface area contributed by atoms with E-state index in [0.717, 1.165) is 23.7 Å². The fourth-order valence-electron chi connectivity index (χ4n) is 2.28. The van der Waals surface area contributed by atoms with Gasteiger partial charge >= 0.3 is 0 Å². The Balaban J connectivity index is 2.16. The van der Waals surface area contributed by atoms with Crippen molar-refractivity contribution in [3.63, 3.8) is 0 Å². The van der Waals surface area contributed by atoms with Crippen LogP contribution in [0.25, 0.3) is 0 Å². The lowest BCUT2D eigenvalue weighted by Gasteiger charge is -2.40. The highest BCUT2D eigenvalue weighted by Gasteiger charge is 2.40. The van der Waals surface area contributed by atoms with Crippen molar-refractivity contribution in [2.75, 3.05) is 7.11 Å². The van der Waals surface area contributed by atoms with Crippen LogP contribution in [0.5, 0.6) is 0 Å². The zero-order chi connectivity index (χ0) is 12.5. The molecule has 0 amide bonds. The third-order valence-corrected chi connectivity index (χ3v) is 4.12. The Hall–Kier alpha value is -0.680. The van der Waals surface area contributed by atoms with Gasteiger partial charge in [0.05, 0.1) is 16.3 Å². The highest BCUT2D eigenvalue weighted by molar-refractivity contribution is 9.10. The zero-order valence-corrected chi connectivity index (χ0v) is 11.8. The van der Waals surface area contributed by atoms with E-state index in [2.05, 4.69) is 21.0 Å². The van der Waals surface area contributed by atoms with Gasteiger partial charge in [0.1, 0.15) is 5.69 Å². The Morgan fingerprint density at radius 1 is 1.65 bits per heavy atom. The van der Waals surface area contributed by atoms with Crippen molar-refractivity contribution < 1.29 is 9.53 Å². The molecule has 1 aromatic heterocycles. The van der Waals surface area contributed by atoms with Crippen LogP contribution in [0.4, 0.5) is 0 Å². The summed E-state index contributed by atoms with van der Waals surface area (Å²) in [7, 11) is 1.69. The van der Waals surface area contributed by atoms with Crippen LogP contribution >= 0.6 is 15.9 Å². The molecule has 17 heavy (non-hydrogen) atoms. The lowest BCUT2D eigenvalue weighted by Crippen LogP contribution is -2.41. The molecule has 0 unspecified atom stereocenters. The summed E-state index contributed by atoms with van der Waals surface area (Å²) in [6.45, 7) is 2.68. The molecular formula is C12H17BrN2O2. The Morgan fingerprint density at radius 3 is 2.82 bits per heavy atom. The summed E-state index contributed by atoms with van der Waals surface area (Å²) in [5.74, 6) is 0.109. The minimum Gasteiger partial charge on any atom is -0.378 e. The highest BCUT2D eigenvalue weighted by Crippen LogP contribution is 2.39. The molecule has 1 aromatic rings. The average molecular weight is 301 g/mol. The van der Waals surface area contributed by atoms with Crippen molar-refractivity contribution in [2.24, 2.45) is 0 Å². The van der Waals surface area contributed by atoms with E-state index in [1.54, 1.807) is 18.0 Å². The molecule has 1 saturated carbocycles. The van der Waals surface area contributed by atoms with E-state index in [4.69, 9.17) is 4.74 Å². The SMILES string of the molecule is CCn1ncc(Br)c1C(=O)CC1(OC)CCC1. The first-order valence-corrected chi connectivity index (χ1v) is 6.71. The van der Waals surface area contributed by atoms with Crippen molar-refractivity contribution in [1.82, 2.24) is 9.78 Å². The van der Waals surface area contributed by atoms with Gasteiger partial charge in [-0.05, 0) is 42.1 Å². The number of aromatic nitrogens is 2. The summed E-state index contributed by atoms with van der Waals surface area (Å²) < 4.78 is 7.99. The number of methoxy groups -OCH3 is 1. The zero-order valence-electron chi connectivity index (χ0n) is 10.2. The first kappa shape index (κ1) is 12.8. The molecule has 1 heterocycles. The third-order valence-electron chi connectivity index (χ3n) is 3.54. The van der Waals surface area contributed by atoms with Crippen LogP contribution in [0.2, 0.25) is 0 Å². The van der Waals surface area contributed by atoms with Gasteiger partial charge in [-0.15, -0.1) is 0 Å². The first-order chi connectivity index (χ1) is 8.12. The number of carbonyl (C=O) groups is 1. The largest absolute Gasteiger partial charge is 0.378 e. The average Bonchev–Trinajstić information content (AvgIpc) is 2.64. The number of ketones is 1. The molecular weight excluding hydrogens is 284 g/mol. The maximum Gasteiger partial charge on any atom is 0.184 e. The molecule has 0 aromatic carbocycles. The number of aryl methyl sites for hydroxylation is 1. The van der Waals surface area contributed by atoms with E-state index in [9.17, 15) is 4.79 Å². The molecule has 0 saturated heterocycles. The molecule has 0 N–H and O–H groups in total. The van der Waals surface area contributed by atoms with Gasteiger partial charge in [-0.3, -0.25) is 9.48 Å². The summed E-state index contributed by atoms with van der Waals surface area (Å²) in [6.07, 6.45) is 5.24. The van der Waals surface area contributed by atoms with E-state index >= 15 is 0 Å². The number of Topliss-reactive ketones (excluding diaryl/α,β-unsaturated/α-hetero) is 1. The number of halogens is 1. The highest BCUT2D eigenvalue weighted by atomic mass is 79.9. The van der Waals surface area contributed by atoms with Crippen LogP contribution in [0.1, 0.15) is 43.1 Å². The minimum atomic E-state index is -0.223. The van der Waals surface area contributed by atoms with E-state index in [1.165, 1.54) is 0 Å². The third kappa shape index (κ3) is 2.31. The predicted molar refractivity (Wildman–Crippen MR) is 68.1 cm³/mol. The smallest absolute Gasteiger partial charge is 0.184 e. The van der Waals surface area contributed by atoms with Crippen LogP contribution in [0.15, 0.2) is 10.7 Å². The molecule has 0 aliphatic heterocycles. The van der Waals surface area contributed by atoms with Crippen LogP contribution in [-0.2, 0) is 11.3 Å². The summed E-state index contributed by atoms with van der Waals surface area (Å²) in [5, 5.41) is 4.16. The van der Waals surface area contributed by atoms with Crippen LogP contribution in [-0.4, -0.2) is 28.3 Å². The van der Waals surface area contributed by atoms with Crippen molar-refractivity contribution in [2.45, 2.75) is 44.8 Å². The van der Waals surface area contributed by atoms with E-state index in [1.807, 2.05) is 6.92 Å². The quantitative estimate of drug-likeness (QED) is 0.786. The lowest BCUT2D eigenvalue weighted by molar-refractivity contribution is -0.0706. The monoisotopic (exact) mass is 300 g/mol. The van der Waals surface area contributed by atoms with Gasteiger partial charge in [0.15, 0.2) is 5.78 Å². The maximum absolute atomic E-state index is 12.3. The Kier molecular flexibility index (Phi) is 3.68. The molecule has 0 bridgehead atoms. The summed E-state index contributed by atoms with van der Waals surface area (Å²) in [4.78, 5) is 12.3. The molecule has 1 aliphatic rings. The molecule has 4 nitrogen and oxygen atoms in total. The van der Waals surface area contributed by atoms with E-state index in [-0.39, 0.29) is 11.4 Å². The second-order valence-electron chi connectivity index (χ2n) is 4.50. The number of nitrogens with zero attached hydrogens (tertiary/aromatic N) is 2. The van der Waals surface area contributed by atoms with Crippen LogP contribution in [0, 0.1) is 0 Å². The molecule has 0 radical (unpaired) electrons. The van der Waals surface area contributed by atoms with E-state index in [0.29, 0.717) is 18.7 Å². The number of hydrogen-bond donors (Lipinski definition) is 0. The number of hydrogen-bond acceptors (Lipinski definition) is 3. The number of rotatable bonds is 5. The van der Waals surface area contributed by atoms with Gasteiger partial charge in [0.2, 0.25) is 0 Å². The van der Waals surface area contributed by atoms with Gasteiger partial charge in [0, 0.05) is 20.1 Å². The fraction of sp³-hybridized carbons (Fsp3) is 0.667. The van der Waals surface area contributed by atoms with Gasteiger partial charge in [0.25, 0.3) is 0 Å². The second kappa shape index (κ2) is 4.90. The predicted octanol–water partition coefficient (Wildman–Crippen LogP) is 2.81. The molecule has 2 rings (SSSR count). The van der Waals surface area contributed by atoms with Crippen molar-refractivity contribution in [1.29, 1.82) is 0 Å². The molecule has 0 spiro atoms. The molecule has 5 heteroatoms. The normalized spacial score (nSPS) is 17.8. The van der Waals surface area contributed by atoms with Gasteiger partial charge in [-0.2, -0.15) is 5.10 Å². The standard InChI is InChI=1S/C12H17BrN2O2/c1-3-15-11(9(13)8-14-15)10(16)7-12(17-2)5-4-6-12/h8H,3-7H2,1-2H3. The summed E-state index contributed by atoms with van der Waals surface area (Å²) in [5.41, 5.74) is 0.440. The first-order valence-electron chi connectivity index (χ1n) is 5.91. The Labute approximate surface area is 109 Å². The minimum absolute atomic E-state index is 0.109. The van der Waals surface area contributed by atoms with Crippen molar-refractivity contribution in [3.05, 3.63) is 16.4 Å². The van der Waals surface area contributed by atoms with Crippen molar-refractivity contribution >= 4 is 21.7 Å². The molecule has 1 aliphatic carbocycles. The maximum atomic E-state index is 12.3. The Bertz CT molecular complexity index is 419.